The molecule has 12 N–H and O–H groups in total. The number of benzene rings is 3. The van der Waals surface area contributed by atoms with Crippen LogP contribution >= 0.6 is 0 Å². The second kappa shape index (κ2) is 23.5. The van der Waals surface area contributed by atoms with Crippen molar-refractivity contribution in [2.45, 2.75) is 0 Å². The molecule has 0 saturated heterocycles. The Morgan fingerprint density at radius 3 is 0.510 bits per heavy atom. The maximum Gasteiger partial charge on any atom is 2.00 e. The third kappa shape index (κ3) is 10.8. The first-order chi connectivity index (χ1) is 20.8. The van der Waals surface area contributed by atoms with Crippen LogP contribution in [0.3, 0.4) is 0 Å². The van der Waals surface area contributed by atoms with Gasteiger partial charge in [0.2, 0.25) is 0 Å². The number of hydrogen-bond acceptors (Lipinski definition) is 6. The minimum atomic E-state index is 0. The van der Waals surface area contributed by atoms with Gasteiger partial charge in [-0.2, -0.15) is 0 Å². The molecular weight excluding hydrogens is 784 g/mol. The predicted molar refractivity (Wildman–Crippen MR) is 193 cm³/mol. The molecule has 0 radical (unpaired) electrons. The normalized spacial score (nSPS) is 8.94. The van der Waals surface area contributed by atoms with Gasteiger partial charge in [-0.05, 0) is 36.4 Å². The van der Waals surface area contributed by atoms with E-state index >= 15 is 0 Å². The second-order valence-electron chi connectivity index (χ2n) is 9.65. The molecule has 0 saturated carbocycles. The molecule has 0 aliphatic carbocycles. The number of hydrogen-bond donors (Lipinski definition) is 0. The van der Waals surface area contributed by atoms with E-state index in [1.54, 1.807) is 37.2 Å². The minimum Gasteiger partial charge on any atom is -1.00 e. The van der Waals surface area contributed by atoms with E-state index in [1.165, 1.54) is 0 Å². The largest absolute Gasteiger partial charge is 2.00 e. The molecular formula is C36H36Cl2N6O6Ru. The summed E-state index contributed by atoms with van der Waals surface area (Å²) in [6.07, 6.45) is 10.8. The molecule has 0 unspecified atom stereocenters. The molecule has 0 fully saturated rings. The van der Waals surface area contributed by atoms with Crippen LogP contribution in [0.15, 0.2) is 146 Å². The van der Waals surface area contributed by atoms with Gasteiger partial charge in [0.05, 0.1) is 33.1 Å². The van der Waals surface area contributed by atoms with Crippen LogP contribution in [0.25, 0.3) is 65.4 Å². The smallest absolute Gasteiger partial charge is 1.00 e. The second-order valence-corrected chi connectivity index (χ2v) is 9.65. The van der Waals surface area contributed by atoms with Crippen LogP contribution in [-0.2, 0) is 19.5 Å². The van der Waals surface area contributed by atoms with Gasteiger partial charge in [0.15, 0.2) is 0 Å². The number of pyridine rings is 6. The maximum absolute atomic E-state index is 4.35. The van der Waals surface area contributed by atoms with Gasteiger partial charge in [0, 0.05) is 69.5 Å². The quantitative estimate of drug-likeness (QED) is 0.117. The van der Waals surface area contributed by atoms with Crippen LogP contribution in [0.4, 0.5) is 0 Å². The average molecular weight is 821 g/mol. The molecule has 9 aromatic rings. The first-order valence-electron chi connectivity index (χ1n) is 13.6. The van der Waals surface area contributed by atoms with Crippen molar-refractivity contribution in [2.24, 2.45) is 0 Å². The summed E-state index contributed by atoms with van der Waals surface area (Å²) in [6.45, 7) is 0. The molecule has 268 valence electrons. The summed E-state index contributed by atoms with van der Waals surface area (Å²) in [5, 5.41) is 6.83. The van der Waals surface area contributed by atoms with Gasteiger partial charge in [0.1, 0.15) is 0 Å². The molecule has 0 spiro atoms. The van der Waals surface area contributed by atoms with E-state index in [4.69, 9.17) is 0 Å². The van der Waals surface area contributed by atoms with Gasteiger partial charge in [-0.15, -0.1) is 0 Å². The Balaban J connectivity index is -0.000000623. The molecule has 0 atom stereocenters. The van der Waals surface area contributed by atoms with Crippen molar-refractivity contribution in [3.05, 3.63) is 146 Å². The summed E-state index contributed by atoms with van der Waals surface area (Å²) in [4.78, 5) is 26.1. The fraction of sp³-hybridized carbons (Fsp3) is 0. The number of nitrogens with zero attached hydrogens (tertiary/aromatic N) is 6. The van der Waals surface area contributed by atoms with Crippen molar-refractivity contribution in [2.75, 3.05) is 0 Å². The minimum absolute atomic E-state index is 0. The third-order valence-corrected chi connectivity index (χ3v) is 7.03. The van der Waals surface area contributed by atoms with Crippen molar-refractivity contribution in [3.63, 3.8) is 0 Å². The molecule has 3 aromatic carbocycles. The predicted octanol–water partition coefficient (Wildman–Crippen LogP) is -2.59. The summed E-state index contributed by atoms with van der Waals surface area (Å²) in [6, 6.07) is 36.4. The van der Waals surface area contributed by atoms with Gasteiger partial charge in [-0.1, -0.05) is 72.8 Å². The molecule has 6 aromatic heterocycles. The number of aromatic nitrogens is 6. The molecule has 0 aliphatic heterocycles. The van der Waals surface area contributed by atoms with Gasteiger partial charge in [0.25, 0.3) is 0 Å². The Bertz CT molecular complexity index is 1950. The van der Waals surface area contributed by atoms with E-state index in [9.17, 15) is 0 Å². The average Bonchev–Trinajstić information content (AvgIpc) is 3.09. The molecule has 0 aliphatic rings. The molecule has 12 nitrogen and oxygen atoms in total. The Morgan fingerprint density at radius 2 is 0.373 bits per heavy atom. The van der Waals surface area contributed by atoms with E-state index in [0.29, 0.717) is 0 Å². The van der Waals surface area contributed by atoms with Crippen molar-refractivity contribution in [3.8, 4) is 0 Å². The summed E-state index contributed by atoms with van der Waals surface area (Å²) < 4.78 is 0. The standard InChI is InChI=1S/3C12H8N2.2ClH.6H2O.Ru/c3*1-3-9-5-6-10-4-2-8-14-12(10)11(9)13-7-1;;;;;;;;;/h3*1-8H;2*1H;6*1H2;/q;;;;;;;;;;;+2/p-2. The number of rotatable bonds is 0. The third-order valence-electron chi connectivity index (χ3n) is 7.03. The Hall–Kier alpha value is -4.92. The van der Waals surface area contributed by atoms with Crippen LogP contribution < -0.4 is 24.8 Å². The molecule has 9 rings (SSSR count). The monoisotopic (exact) mass is 820 g/mol. The van der Waals surface area contributed by atoms with E-state index < -0.39 is 0 Å². The SMILES string of the molecule is O.O.O.O.O.O.[Cl-].[Cl-].[Ru+2].c1cnc2c(c1)ccc1cccnc12.c1cnc2c(c1)ccc1cccnc12.c1cnc2c(c1)ccc1cccnc12. The van der Waals surface area contributed by atoms with Gasteiger partial charge in [-0.3, -0.25) is 29.9 Å². The van der Waals surface area contributed by atoms with Crippen LogP contribution in [0.2, 0.25) is 0 Å². The summed E-state index contributed by atoms with van der Waals surface area (Å²) in [5.74, 6) is 0. The Kier molecular flexibility index (Phi) is 23.2. The first-order valence-corrected chi connectivity index (χ1v) is 13.6. The zero-order chi connectivity index (χ0) is 28.1. The maximum atomic E-state index is 4.35. The van der Waals surface area contributed by atoms with E-state index in [2.05, 4.69) is 103 Å². The van der Waals surface area contributed by atoms with Gasteiger partial charge >= 0.3 is 19.5 Å². The van der Waals surface area contributed by atoms with Crippen LogP contribution in [0.1, 0.15) is 0 Å². The summed E-state index contributed by atoms with van der Waals surface area (Å²) in [5.41, 5.74) is 5.86. The Labute approximate surface area is 317 Å². The van der Waals surface area contributed by atoms with E-state index in [-0.39, 0.29) is 77.1 Å². The van der Waals surface area contributed by atoms with Gasteiger partial charge < -0.3 is 57.7 Å². The van der Waals surface area contributed by atoms with Crippen molar-refractivity contribution < 1.29 is 77.1 Å². The molecule has 0 amide bonds. The number of fused-ring (bicyclic) bond motifs is 9. The molecule has 51 heavy (non-hydrogen) atoms. The van der Waals surface area contributed by atoms with Crippen molar-refractivity contribution >= 4 is 65.4 Å². The van der Waals surface area contributed by atoms with E-state index in [0.717, 1.165) is 65.4 Å². The zero-order valence-electron chi connectivity index (χ0n) is 26.6. The van der Waals surface area contributed by atoms with Crippen molar-refractivity contribution in [1.29, 1.82) is 0 Å². The first kappa shape index (κ1) is 50.5. The van der Waals surface area contributed by atoms with Crippen LogP contribution in [0.5, 0.6) is 0 Å². The van der Waals surface area contributed by atoms with Crippen LogP contribution in [-0.4, -0.2) is 62.8 Å². The van der Waals surface area contributed by atoms with Gasteiger partial charge in [-0.25, -0.2) is 0 Å². The summed E-state index contributed by atoms with van der Waals surface area (Å²) in [7, 11) is 0. The molecule has 15 heteroatoms. The topological polar surface area (TPSA) is 266 Å². The summed E-state index contributed by atoms with van der Waals surface area (Å²) >= 11 is 0. The molecule has 6 heterocycles. The Morgan fingerprint density at radius 1 is 0.235 bits per heavy atom. The molecule has 0 bridgehead atoms. The number of halogens is 2. The van der Waals surface area contributed by atoms with Crippen molar-refractivity contribution in [1.82, 2.24) is 29.9 Å². The fourth-order valence-corrected chi connectivity index (χ4v) is 5.04. The zero-order valence-corrected chi connectivity index (χ0v) is 29.9. The fourth-order valence-electron chi connectivity index (χ4n) is 5.04. The van der Waals surface area contributed by atoms with E-state index in [1.807, 2.05) is 36.4 Å². The van der Waals surface area contributed by atoms with Crippen LogP contribution in [0, 0.1) is 0 Å².